The van der Waals surface area contributed by atoms with Gasteiger partial charge in [-0.1, -0.05) is 6.92 Å². The molecule has 0 rings (SSSR count). The van der Waals surface area contributed by atoms with E-state index in [4.69, 9.17) is 15.3 Å². The fourth-order valence-corrected chi connectivity index (χ4v) is 0.150. The maximum atomic E-state index is 8.47. The predicted octanol–water partition coefficient (Wildman–Crippen LogP) is -1.03. The SMILES string of the molecule is CC(CO)(CO)CO.[Rf]. The van der Waals surface area contributed by atoms with Crippen LogP contribution in [-0.4, -0.2) is 35.1 Å². The average molecular weight is 387 g/mol. The van der Waals surface area contributed by atoms with E-state index in [1.165, 1.54) is 0 Å². The first-order chi connectivity index (χ1) is 3.68. The molecule has 0 aromatic carbocycles. The van der Waals surface area contributed by atoms with Crippen LogP contribution in [0.2, 0.25) is 0 Å². The Bertz CT molecular complexity index is 55.0. The molecule has 3 nitrogen and oxygen atoms in total. The van der Waals surface area contributed by atoms with Gasteiger partial charge in [-0.2, -0.15) is 0 Å². The first-order valence-electron chi connectivity index (χ1n) is 2.51. The quantitative estimate of drug-likeness (QED) is 0.581. The van der Waals surface area contributed by atoms with Crippen LogP contribution >= 0.6 is 0 Å². The van der Waals surface area contributed by atoms with Crippen molar-refractivity contribution in [3.8, 4) is 0 Å². The zero-order chi connectivity index (χ0) is 6.62. The summed E-state index contributed by atoms with van der Waals surface area (Å²) >= 11 is 0. The molecule has 0 aliphatic carbocycles. The van der Waals surface area contributed by atoms with Crippen LogP contribution in [0.5, 0.6) is 0 Å². The third kappa shape index (κ3) is 2.64. The van der Waals surface area contributed by atoms with Crippen molar-refractivity contribution in [3.63, 3.8) is 0 Å². The van der Waals surface area contributed by atoms with Crippen LogP contribution < -0.4 is 0 Å². The molecule has 0 heterocycles. The molecule has 9 heavy (non-hydrogen) atoms. The van der Waals surface area contributed by atoms with Crippen LogP contribution in [0.3, 0.4) is 0 Å². The van der Waals surface area contributed by atoms with Gasteiger partial charge < -0.3 is 15.3 Å². The van der Waals surface area contributed by atoms with E-state index in [1.54, 1.807) is 6.92 Å². The summed E-state index contributed by atoms with van der Waals surface area (Å²) in [5.41, 5.74) is -0.708. The third-order valence-electron chi connectivity index (χ3n) is 1.15. The predicted molar refractivity (Wildman–Crippen MR) is 29.4 cm³/mol. The molecule has 0 radical (unpaired) electrons. The van der Waals surface area contributed by atoms with Crippen LogP contribution in [0.25, 0.3) is 0 Å². The minimum absolute atomic E-state index is 0. The summed E-state index contributed by atoms with van der Waals surface area (Å²) in [5.74, 6) is 0. The fourth-order valence-electron chi connectivity index (χ4n) is 0.150. The molecule has 0 amide bonds. The normalized spacial score (nSPS) is 10.7. The summed E-state index contributed by atoms with van der Waals surface area (Å²) in [7, 11) is 0. The van der Waals surface area contributed by atoms with Crippen LogP contribution in [0.4, 0.5) is 0 Å². The number of rotatable bonds is 3. The molecule has 4 heteroatoms. The van der Waals surface area contributed by atoms with E-state index in [9.17, 15) is 0 Å². The third-order valence-corrected chi connectivity index (χ3v) is 1.15. The van der Waals surface area contributed by atoms with Crippen LogP contribution in [0.15, 0.2) is 0 Å². The maximum Gasteiger partial charge on any atom is 0.0528 e. The van der Waals surface area contributed by atoms with Gasteiger partial charge in [0.1, 0.15) is 0 Å². The van der Waals surface area contributed by atoms with Crippen molar-refractivity contribution in [3.05, 3.63) is 0 Å². The molecular formula is C5H12O3Rf. The molecule has 0 fully saturated rings. The van der Waals surface area contributed by atoms with E-state index < -0.39 is 5.41 Å². The second-order valence-electron chi connectivity index (χ2n) is 2.29. The summed E-state index contributed by atoms with van der Waals surface area (Å²) < 4.78 is 0. The van der Waals surface area contributed by atoms with E-state index in [2.05, 4.69) is 0 Å². The van der Waals surface area contributed by atoms with Gasteiger partial charge in [-0.25, -0.2) is 0 Å². The molecule has 0 atom stereocenters. The molecule has 52 valence electrons. The number of hydrogen-bond donors (Lipinski definition) is 3. The minimum Gasteiger partial charge on any atom is -0.396 e. The van der Waals surface area contributed by atoms with E-state index >= 15 is 0 Å². The fraction of sp³-hybridized carbons (Fsp3) is 1.00. The summed E-state index contributed by atoms with van der Waals surface area (Å²) in [6, 6.07) is 0. The van der Waals surface area contributed by atoms with Crippen molar-refractivity contribution < 1.29 is 15.3 Å². The zero-order valence-electron chi connectivity index (χ0n) is 5.67. The van der Waals surface area contributed by atoms with E-state index in [1.807, 2.05) is 0 Å². The molecule has 0 saturated heterocycles. The van der Waals surface area contributed by atoms with Gasteiger partial charge >= 0.3 is 0 Å². The van der Waals surface area contributed by atoms with Crippen molar-refractivity contribution in [2.75, 3.05) is 19.8 Å². The van der Waals surface area contributed by atoms with Gasteiger partial charge in [0.05, 0.1) is 19.8 Å². The topological polar surface area (TPSA) is 60.7 Å². The van der Waals surface area contributed by atoms with Crippen molar-refractivity contribution in [1.29, 1.82) is 0 Å². The summed E-state index contributed by atoms with van der Waals surface area (Å²) in [6.45, 7) is 1.06. The molecule has 0 unspecified atom stereocenters. The molecule has 3 N–H and O–H groups in total. The van der Waals surface area contributed by atoms with Crippen LogP contribution in [0, 0.1) is 5.41 Å². The van der Waals surface area contributed by atoms with Crippen molar-refractivity contribution in [2.24, 2.45) is 5.41 Å². The van der Waals surface area contributed by atoms with Gasteiger partial charge in [0, 0.05) is 5.41 Å². The number of hydrogen-bond acceptors (Lipinski definition) is 3. The minimum atomic E-state index is -0.708. The number of aliphatic hydroxyl groups is 3. The van der Waals surface area contributed by atoms with E-state index in [-0.39, 0.29) is 19.8 Å². The molecule has 0 aromatic heterocycles. The van der Waals surface area contributed by atoms with Crippen LogP contribution in [-0.2, 0) is 0 Å². The first-order valence-corrected chi connectivity index (χ1v) is 2.51. The second-order valence-corrected chi connectivity index (χ2v) is 2.29. The molecule has 0 bridgehead atoms. The average Bonchev–Trinajstić information content (AvgIpc) is 1.87. The second kappa shape index (κ2) is 3.83. The van der Waals surface area contributed by atoms with Gasteiger partial charge in [0.2, 0.25) is 0 Å². The Hall–Kier alpha value is -1.12. The standard InChI is InChI=1S/C5H12O3.Rf/c1-5(2-6,3-7)4-8;/h6-8H,2-4H2,1H3;. The van der Waals surface area contributed by atoms with E-state index in [0.29, 0.717) is 0 Å². The van der Waals surface area contributed by atoms with Gasteiger partial charge in [0.15, 0.2) is 0 Å². The van der Waals surface area contributed by atoms with E-state index in [0.717, 1.165) is 0 Å². The molecule has 0 saturated carbocycles. The van der Waals surface area contributed by atoms with Gasteiger partial charge in [0.25, 0.3) is 0 Å². The van der Waals surface area contributed by atoms with Crippen molar-refractivity contribution in [1.82, 2.24) is 0 Å². The molecule has 0 aliphatic rings. The molecule has 0 spiro atoms. The van der Waals surface area contributed by atoms with Gasteiger partial charge in [-0.05, 0) is 0 Å². The Kier molecular flexibility index (Phi) is 4.59. The maximum absolute atomic E-state index is 8.47. The summed E-state index contributed by atoms with van der Waals surface area (Å²) in [5, 5.41) is 25.4. The monoisotopic (exact) mass is 387 g/mol. The largest absolute Gasteiger partial charge is 0.396 e. The van der Waals surface area contributed by atoms with Gasteiger partial charge in [-0.15, -0.1) is 0 Å². The Morgan fingerprint density at radius 3 is 1.22 bits per heavy atom. The van der Waals surface area contributed by atoms with Crippen molar-refractivity contribution >= 4 is 0 Å². The Balaban J connectivity index is 0. The Morgan fingerprint density at radius 2 is 1.22 bits per heavy atom. The smallest absolute Gasteiger partial charge is 0.0528 e. The van der Waals surface area contributed by atoms with Crippen LogP contribution in [0.1, 0.15) is 6.92 Å². The molecule has 0 aromatic rings. The Labute approximate surface area is 48.6 Å². The summed E-state index contributed by atoms with van der Waals surface area (Å²) in [4.78, 5) is 0. The van der Waals surface area contributed by atoms with Crippen molar-refractivity contribution in [2.45, 2.75) is 6.92 Å². The van der Waals surface area contributed by atoms with Gasteiger partial charge in [-0.3, -0.25) is 0 Å². The zero-order valence-corrected chi connectivity index (χ0v) is 12.1. The molecule has 0 aliphatic heterocycles. The number of aliphatic hydroxyl groups excluding tert-OH is 3. The Morgan fingerprint density at radius 1 is 1.00 bits per heavy atom. The molecular weight excluding hydrogens is 375 g/mol. The first kappa shape index (κ1) is 10.8. The summed E-state index contributed by atoms with van der Waals surface area (Å²) in [6.07, 6.45) is 0.